The maximum Gasteiger partial charge on any atom is 0.405 e. The molecule has 1 amide bonds. The number of carboxylic acid groups (broad SMARTS) is 1. The van der Waals surface area contributed by atoms with Gasteiger partial charge in [0.05, 0.1) is 12.1 Å². The molecule has 0 fully saturated rings. The molecule has 0 saturated heterocycles. The summed E-state index contributed by atoms with van der Waals surface area (Å²) in [4.78, 5) is 15.6. The van der Waals surface area contributed by atoms with Crippen LogP contribution in [0.1, 0.15) is 18.9 Å². The molecule has 158 valence electrons. The van der Waals surface area contributed by atoms with Gasteiger partial charge in [-0.05, 0) is 60.7 Å². The highest BCUT2D eigenvalue weighted by atomic mass is 16.4. The van der Waals surface area contributed by atoms with Crippen molar-refractivity contribution in [2.45, 2.75) is 25.3 Å². The lowest BCUT2D eigenvalue weighted by atomic mass is 9.94. The summed E-state index contributed by atoms with van der Waals surface area (Å²) in [7, 11) is 0. The molecule has 4 aromatic rings. The number of nitrogens with one attached hydrogen (secondary N) is 1. The predicted octanol–water partition coefficient (Wildman–Crippen LogP) is 5.11. The Balaban J connectivity index is 1.52. The van der Waals surface area contributed by atoms with Gasteiger partial charge < -0.3 is 19.9 Å². The Morgan fingerprint density at radius 1 is 1.00 bits per heavy atom. The van der Waals surface area contributed by atoms with Crippen molar-refractivity contribution in [3.63, 3.8) is 0 Å². The normalized spacial score (nSPS) is 13.1. The molecule has 0 aliphatic rings. The molecule has 0 spiro atoms. The molecule has 0 bridgehead atoms. The van der Waals surface area contributed by atoms with Crippen molar-refractivity contribution in [3.8, 4) is 22.6 Å². The average molecular weight is 416 g/mol. The lowest BCUT2D eigenvalue weighted by Crippen LogP contribution is -2.48. The smallest absolute Gasteiger partial charge is 0.405 e. The second-order valence-electron chi connectivity index (χ2n) is 7.91. The van der Waals surface area contributed by atoms with Crippen molar-refractivity contribution >= 4 is 17.2 Å². The molecule has 3 N–H and O–H groups in total. The van der Waals surface area contributed by atoms with Crippen LogP contribution in [-0.4, -0.2) is 33.4 Å². The van der Waals surface area contributed by atoms with E-state index in [-0.39, 0.29) is 6.61 Å². The quantitative estimate of drug-likeness (QED) is 0.389. The Hall–Kier alpha value is -3.64. The highest BCUT2D eigenvalue weighted by Crippen LogP contribution is 2.28. The van der Waals surface area contributed by atoms with E-state index in [1.165, 1.54) is 0 Å². The van der Waals surface area contributed by atoms with E-state index in [2.05, 4.69) is 34.6 Å². The molecule has 6 nitrogen and oxygen atoms in total. The molecular weight excluding hydrogens is 392 g/mol. The molecule has 0 aliphatic carbocycles. The first-order valence-corrected chi connectivity index (χ1v) is 10.1. The summed E-state index contributed by atoms with van der Waals surface area (Å²) in [6.07, 6.45) is -0.0831. The van der Waals surface area contributed by atoms with Crippen molar-refractivity contribution in [2.24, 2.45) is 0 Å². The highest BCUT2D eigenvalue weighted by Gasteiger charge is 2.25. The predicted molar refractivity (Wildman–Crippen MR) is 120 cm³/mol. The monoisotopic (exact) mass is 416 g/mol. The van der Waals surface area contributed by atoms with Crippen LogP contribution in [0.15, 0.2) is 77.2 Å². The van der Waals surface area contributed by atoms with E-state index in [0.717, 1.165) is 27.8 Å². The van der Waals surface area contributed by atoms with Crippen LogP contribution in [0.2, 0.25) is 0 Å². The molecule has 0 aliphatic heterocycles. The number of rotatable bonds is 7. The van der Waals surface area contributed by atoms with Gasteiger partial charge in [-0.25, -0.2) is 9.78 Å². The Morgan fingerprint density at radius 2 is 1.68 bits per heavy atom. The number of amides is 1. The standard InChI is InChI=1S/C25H24N2O4/c1-25(16-28,27-24(29)30)14-13-17-7-12-22-21(15-17)26-23(31-22)20-10-8-19(9-11-20)18-5-3-2-4-6-18/h2-12,15,27-28H,13-14,16H2,1H3,(H,29,30)/t25-/m1/s1. The maximum atomic E-state index is 11.0. The van der Waals surface area contributed by atoms with Crippen LogP contribution >= 0.6 is 0 Å². The topological polar surface area (TPSA) is 95.6 Å². The van der Waals surface area contributed by atoms with E-state index in [9.17, 15) is 9.90 Å². The van der Waals surface area contributed by atoms with E-state index < -0.39 is 11.6 Å². The van der Waals surface area contributed by atoms with E-state index in [4.69, 9.17) is 9.52 Å². The van der Waals surface area contributed by atoms with Gasteiger partial charge in [-0.1, -0.05) is 48.5 Å². The molecule has 4 rings (SSSR count). The molecule has 31 heavy (non-hydrogen) atoms. The number of hydrogen-bond donors (Lipinski definition) is 3. The van der Waals surface area contributed by atoms with Crippen LogP contribution in [0.4, 0.5) is 4.79 Å². The first-order chi connectivity index (χ1) is 15.0. The minimum absolute atomic E-state index is 0.269. The lowest BCUT2D eigenvalue weighted by Gasteiger charge is -2.27. The molecule has 1 aromatic heterocycles. The molecule has 1 heterocycles. The zero-order chi connectivity index (χ0) is 21.8. The summed E-state index contributed by atoms with van der Waals surface area (Å²) in [6.45, 7) is 1.42. The number of fused-ring (bicyclic) bond motifs is 1. The Bertz CT molecular complexity index is 1190. The fourth-order valence-electron chi connectivity index (χ4n) is 3.55. The minimum atomic E-state index is -1.15. The zero-order valence-corrected chi connectivity index (χ0v) is 17.2. The third-order valence-electron chi connectivity index (χ3n) is 5.41. The van der Waals surface area contributed by atoms with Crippen molar-refractivity contribution in [3.05, 3.63) is 78.4 Å². The average Bonchev–Trinajstić information content (AvgIpc) is 3.21. The largest absolute Gasteiger partial charge is 0.465 e. The number of benzene rings is 3. The van der Waals surface area contributed by atoms with E-state index in [1.807, 2.05) is 48.5 Å². The molecule has 0 unspecified atom stereocenters. The number of carbonyl (C=O) groups is 1. The molecular formula is C25H24N2O4. The van der Waals surface area contributed by atoms with E-state index in [0.29, 0.717) is 24.3 Å². The van der Waals surface area contributed by atoms with E-state index >= 15 is 0 Å². The Morgan fingerprint density at radius 3 is 2.35 bits per heavy atom. The third-order valence-corrected chi connectivity index (χ3v) is 5.41. The van der Waals surface area contributed by atoms with Crippen molar-refractivity contribution < 1.29 is 19.4 Å². The van der Waals surface area contributed by atoms with Gasteiger partial charge in [-0.15, -0.1) is 0 Å². The van der Waals surface area contributed by atoms with Crippen molar-refractivity contribution in [1.29, 1.82) is 0 Å². The van der Waals surface area contributed by atoms with E-state index in [1.54, 1.807) is 6.92 Å². The summed E-state index contributed by atoms with van der Waals surface area (Å²) in [6, 6.07) is 24.0. The van der Waals surface area contributed by atoms with Gasteiger partial charge in [0.1, 0.15) is 5.52 Å². The van der Waals surface area contributed by atoms with Crippen LogP contribution in [0.5, 0.6) is 0 Å². The number of aromatic nitrogens is 1. The van der Waals surface area contributed by atoms with Gasteiger partial charge in [0, 0.05) is 5.56 Å². The lowest BCUT2D eigenvalue weighted by molar-refractivity contribution is 0.141. The zero-order valence-electron chi connectivity index (χ0n) is 17.2. The van der Waals surface area contributed by atoms with Gasteiger partial charge in [-0.2, -0.15) is 0 Å². The number of aliphatic hydroxyl groups excluding tert-OH is 1. The van der Waals surface area contributed by atoms with Crippen LogP contribution in [0, 0.1) is 0 Å². The van der Waals surface area contributed by atoms with Gasteiger partial charge in [0.15, 0.2) is 5.58 Å². The van der Waals surface area contributed by atoms with Crippen LogP contribution in [0.25, 0.3) is 33.7 Å². The fourth-order valence-corrected chi connectivity index (χ4v) is 3.55. The SMILES string of the molecule is C[C@](CO)(CCc1ccc2oc(-c3ccc(-c4ccccc4)cc3)nc2c1)NC(=O)O. The van der Waals surface area contributed by atoms with Crippen LogP contribution in [-0.2, 0) is 6.42 Å². The third kappa shape index (κ3) is 4.75. The molecule has 6 heteroatoms. The number of hydrogen-bond acceptors (Lipinski definition) is 4. The van der Waals surface area contributed by atoms with Crippen molar-refractivity contribution in [1.82, 2.24) is 10.3 Å². The van der Waals surface area contributed by atoms with Gasteiger partial charge in [0.25, 0.3) is 0 Å². The first kappa shape index (κ1) is 20.6. The van der Waals surface area contributed by atoms with Gasteiger partial charge in [-0.3, -0.25) is 0 Å². The van der Waals surface area contributed by atoms with Crippen molar-refractivity contribution in [2.75, 3.05) is 6.61 Å². The van der Waals surface area contributed by atoms with Gasteiger partial charge in [0.2, 0.25) is 5.89 Å². The Labute approximate surface area is 180 Å². The van der Waals surface area contributed by atoms with Crippen LogP contribution < -0.4 is 5.32 Å². The fraction of sp³-hybridized carbons (Fsp3) is 0.200. The summed E-state index contributed by atoms with van der Waals surface area (Å²) >= 11 is 0. The van der Waals surface area contributed by atoms with Gasteiger partial charge >= 0.3 is 6.09 Å². The maximum absolute atomic E-state index is 11.0. The number of nitrogens with zero attached hydrogens (tertiary/aromatic N) is 1. The second kappa shape index (κ2) is 8.62. The number of aliphatic hydroxyl groups is 1. The molecule has 3 aromatic carbocycles. The molecule has 0 radical (unpaired) electrons. The first-order valence-electron chi connectivity index (χ1n) is 10.1. The Kier molecular flexibility index (Phi) is 5.73. The minimum Gasteiger partial charge on any atom is -0.465 e. The second-order valence-corrected chi connectivity index (χ2v) is 7.91. The molecule has 1 atom stereocenters. The molecule has 0 saturated carbocycles. The summed E-state index contributed by atoms with van der Waals surface area (Å²) in [5, 5.41) is 20.9. The highest BCUT2D eigenvalue weighted by molar-refractivity contribution is 5.77. The van der Waals surface area contributed by atoms with Crippen LogP contribution in [0.3, 0.4) is 0 Å². The summed E-state index contributed by atoms with van der Waals surface area (Å²) < 4.78 is 5.93. The number of aryl methyl sites for hydroxylation is 1. The number of oxazole rings is 1. The summed E-state index contributed by atoms with van der Waals surface area (Å²) in [5.74, 6) is 0.555. The summed E-state index contributed by atoms with van der Waals surface area (Å²) in [5.41, 5.74) is 4.73.